The van der Waals surface area contributed by atoms with Crippen LogP contribution in [0.5, 0.6) is 0 Å². The molecular formula is C19H32N2. The van der Waals surface area contributed by atoms with Crippen LogP contribution in [0.4, 0.5) is 5.69 Å². The minimum atomic E-state index is 0.440. The average molecular weight is 288 g/mol. The molecule has 2 rings (SSSR count). The largest absolute Gasteiger partial charge is 0.368 e. The van der Waals surface area contributed by atoms with Crippen molar-refractivity contribution in [3.63, 3.8) is 0 Å². The standard InChI is InChI=1S/C19H32N2/c1-6-11-20-16(4)18-7-9-19(10-8-18)21-13-14(2)12-15(3)17(21)5/h7-10,14-17,20H,6,11-13H2,1-5H3. The predicted octanol–water partition coefficient (Wildman–Crippen LogP) is 4.62. The zero-order valence-corrected chi connectivity index (χ0v) is 14.4. The van der Waals surface area contributed by atoms with Gasteiger partial charge in [0.2, 0.25) is 0 Å². The molecule has 2 heteroatoms. The highest BCUT2D eigenvalue weighted by atomic mass is 15.2. The lowest BCUT2D eigenvalue weighted by molar-refractivity contribution is 0.297. The highest BCUT2D eigenvalue weighted by molar-refractivity contribution is 5.49. The molecule has 118 valence electrons. The Bertz CT molecular complexity index is 426. The van der Waals surface area contributed by atoms with E-state index in [0.717, 1.165) is 18.4 Å². The molecule has 4 atom stereocenters. The van der Waals surface area contributed by atoms with E-state index in [1.54, 1.807) is 0 Å². The van der Waals surface area contributed by atoms with E-state index < -0.39 is 0 Å². The first-order chi connectivity index (χ1) is 10.0. The van der Waals surface area contributed by atoms with Crippen LogP contribution in [0, 0.1) is 11.8 Å². The molecule has 0 radical (unpaired) electrons. The van der Waals surface area contributed by atoms with E-state index in [-0.39, 0.29) is 0 Å². The number of hydrogen-bond acceptors (Lipinski definition) is 2. The molecule has 0 amide bonds. The van der Waals surface area contributed by atoms with E-state index in [4.69, 9.17) is 0 Å². The molecule has 0 bridgehead atoms. The molecule has 1 N–H and O–H groups in total. The first-order valence-electron chi connectivity index (χ1n) is 8.62. The van der Waals surface area contributed by atoms with E-state index in [1.807, 2.05) is 0 Å². The molecule has 0 aliphatic carbocycles. The Kier molecular flexibility index (Phi) is 5.69. The molecule has 0 saturated carbocycles. The molecular weight excluding hydrogens is 256 g/mol. The van der Waals surface area contributed by atoms with Gasteiger partial charge >= 0.3 is 0 Å². The minimum Gasteiger partial charge on any atom is -0.368 e. The molecule has 21 heavy (non-hydrogen) atoms. The first kappa shape index (κ1) is 16.4. The van der Waals surface area contributed by atoms with Gasteiger partial charge in [0, 0.05) is 24.3 Å². The fourth-order valence-electron chi connectivity index (χ4n) is 3.49. The van der Waals surface area contributed by atoms with Crippen molar-refractivity contribution in [3.05, 3.63) is 29.8 Å². The van der Waals surface area contributed by atoms with E-state index in [0.29, 0.717) is 12.1 Å². The molecule has 1 aliphatic rings. The second kappa shape index (κ2) is 7.31. The molecule has 0 aromatic heterocycles. The molecule has 1 fully saturated rings. The number of rotatable bonds is 5. The third-order valence-corrected chi connectivity index (χ3v) is 5.02. The third kappa shape index (κ3) is 4.00. The average Bonchev–Trinajstić information content (AvgIpc) is 2.48. The van der Waals surface area contributed by atoms with Crippen LogP contribution in [0.2, 0.25) is 0 Å². The lowest BCUT2D eigenvalue weighted by atomic mass is 9.85. The van der Waals surface area contributed by atoms with E-state index in [2.05, 4.69) is 69.1 Å². The zero-order valence-electron chi connectivity index (χ0n) is 14.4. The molecule has 1 saturated heterocycles. The number of hydrogen-bond donors (Lipinski definition) is 1. The molecule has 1 heterocycles. The number of nitrogens with one attached hydrogen (secondary N) is 1. The van der Waals surface area contributed by atoms with Crippen molar-refractivity contribution in [2.75, 3.05) is 18.0 Å². The Hall–Kier alpha value is -1.02. The topological polar surface area (TPSA) is 15.3 Å². The summed E-state index contributed by atoms with van der Waals surface area (Å²) in [5.41, 5.74) is 2.77. The van der Waals surface area contributed by atoms with Gasteiger partial charge in [0.1, 0.15) is 0 Å². The van der Waals surface area contributed by atoms with Gasteiger partial charge < -0.3 is 10.2 Å². The third-order valence-electron chi connectivity index (χ3n) is 5.02. The lowest BCUT2D eigenvalue weighted by Crippen LogP contribution is -2.45. The molecule has 0 spiro atoms. The maximum Gasteiger partial charge on any atom is 0.0369 e. The van der Waals surface area contributed by atoms with Crippen LogP contribution in [-0.4, -0.2) is 19.1 Å². The van der Waals surface area contributed by atoms with E-state index in [1.165, 1.54) is 30.6 Å². The quantitative estimate of drug-likeness (QED) is 0.850. The summed E-state index contributed by atoms with van der Waals surface area (Å²) in [6.45, 7) is 13.9. The predicted molar refractivity (Wildman–Crippen MR) is 92.9 cm³/mol. The summed E-state index contributed by atoms with van der Waals surface area (Å²) in [7, 11) is 0. The maximum atomic E-state index is 3.56. The molecule has 2 nitrogen and oxygen atoms in total. The van der Waals surface area contributed by atoms with Crippen molar-refractivity contribution in [3.8, 4) is 0 Å². The number of piperidine rings is 1. The van der Waals surface area contributed by atoms with Crippen LogP contribution < -0.4 is 10.2 Å². The SMILES string of the molecule is CCCNC(C)c1ccc(N2CC(C)CC(C)C2C)cc1. The summed E-state index contributed by atoms with van der Waals surface area (Å²) in [4.78, 5) is 2.59. The monoisotopic (exact) mass is 288 g/mol. The smallest absolute Gasteiger partial charge is 0.0369 e. The van der Waals surface area contributed by atoms with Crippen molar-refractivity contribution in [2.45, 2.75) is 59.5 Å². The van der Waals surface area contributed by atoms with E-state index >= 15 is 0 Å². The normalized spacial score (nSPS) is 27.7. The van der Waals surface area contributed by atoms with Gasteiger partial charge in [-0.05, 0) is 62.8 Å². The van der Waals surface area contributed by atoms with Gasteiger partial charge in [0.05, 0.1) is 0 Å². The molecule has 4 unspecified atom stereocenters. The van der Waals surface area contributed by atoms with E-state index in [9.17, 15) is 0 Å². The molecule has 1 aromatic carbocycles. The van der Waals surface area contributed by atoms with Gasteiger partial charge in [-0.1, -0.05) is 32.9 Å². The van der Waals surface area contributed by atoms with Crippen molar-refractivity contribution in [1.29, 1.82) is 0 Å². The summed E-state index contributed by atoms with van der Waals surface area (Å²) >= 11 is 0. The minimum absolute atomic E-state index is 0.440. The summed E-state index contributed by atoms with van der Waals surface area (Å²) in [6.07, 6.45) is 2.54. The second-order valence-electron chi connectivity index (χ2n) is 6.98. The lowest BCUT2D eigenvalue weighted by Gasteiger charge is -2.42. The Morgan fingerprint density at radius 3 is 2.48 bits per heavy atom. The van der Waals surface area contributed by atoms with Crippen molar-refractivity contribution in [2.24, 2.45) is 11.8 Å². The van der Waals surface area contributed by atoms with Gasteiger partial charge in [-0.15, -0.1) is 0 Å². The van der Waals surface area contributed by atoms with Crippen LogP contribution in [0.15, 0.2) is 24.3 Å². The van der Waals surface area contributed by atoms with Crippen LogP contribution in [-0.2, 0) is 0 Å². The Morgan fingerprint density at radius 2 is 1.86 bits per heavy atom. The summed E-state index contributed by atoms with van der Waals surface area (Å²) in [5, 5.41) is 3.56. The van der Waals surface area contributed by atoms with Crippen molar-refractivity contribution >= 4 is 5.69 Å². The molecule has 1 aromatic rings. The van der Waals surface area contributed by atoms with Crippen LogP contribution in [0.3, 0.4) is 0 Å². The number of anilines is 1. The molecule has 1 aliphatic heterocycles. The number of nitrogens with zero attached hydrogens (tertiary/aromatic N) is 1. The second-order valence-corrected chi connectivity index (χ2v) is 6.98. The Balaban J connectivity index is 2.07. The maximum absolute atomic E-state index is 3.56. The summed E-state index contributed by atoms with van der Waals surface area (Å²) in [5.74, 6) is 1.57. The Labute approximate surface area is 130 Å². The van der Waals surface area contributed by atoms with Gasteiger partial charge in [0.25, 0.3) is 0 Å². The Morgan fingerprint density at radius 1 is 1.19 bits per heavy atom. The van der Waals surface area contributed by atoms with Crippen LogP contribution in [0.1, 0.15) is 59.1 Å². The fourth-order valence-corrected chi connectivity index (χ4v) is 3.49. The van der Waals surface area contributed by atoms with Gasteiger partial charge in [-0.3, -0.25) is 0 Å². The van der Waals surface area contributed by atoms with Gasteiger partial charge in [0.15, 0.2) is 0 Å². The first-order valence-corrected chi connectivity index (χ1v) is 8.62. The fraction of sp³-hybridized carbons (Fsp3) is 0.684. The van der Waals surface area contributed by atoms with Crippen molar-refractivity contribution in [1.82, 2.24) is 5.32 Å². The number of benzene rings is 1. The highest BCUT2D eigenvalue weighted by Crippen LogP contribution is 2.31. The van der Waals surface area contributed by atoms with Gasteiger partial charge in [-0.25, -0.2) is 0 Å². The van der Waals surface area contributed by atoms with Crippen LogP contribution in [0.25, 0.3) is 0 Å². The zero-order chi connectivity index (χ0) is 15.4. The summed E-state index contributed by atoms with van der Waals surface area (Å²) < 4.78 is 0. The van der Waals surface area contributed by atoms with Gasteiger partial charge in [-0.2, -0.15) is 0 Å². The highest BCUT2D eigenvalue weighted by Gasteiger charge is 2.28. The summed E-state index contributed by atoms with van der Waals surface area (Å²) in [6, 6.07) is 10.3. The van der Waals surface area contributed by atoms with Crippen LogP contribution >= 0.6 is 0 Å². The van der Waals surface area contributed by atoms with Crippen molar-refractivity contribution < 1.29 is 0 Å².